The Bertz CT molecular complexity index is 1520. The van der Waals surface area contributed by atoms with Gasteiger partial charge in [0.15, 0.2) is 5.76 Å². The van der Waals surface area contributed by atoms with Crippen molar-refractivity contribution < 1.29 is 23.5 Å². The lowest BCUT2D eigenvalue weighted by molar-refractivity contribution is 0.0599. The lowest BCUT2D eigenvalue weighted by Gasteiger charge is -2.15. The van der Waals surface area contributed by atoms with Crippen LogP contribution in [0.2, 0.25) is 5.02 Å². The van der Waals surface area contributed by atoms with Gasteiger partial charge in [-0.1, -0.05) is 43.6 Å². The van der Waals surface area contributed by atoms with Crippen molar-refractivity contribution in [3.8, 4) is 5.75 Å². The van der Waals surface area contributed by atoms with Crippen LogP contribution in [0.4, 0.5) is 5.69 Å². The van der Waals surface area contributed by atoms with E-state index in [4.69, 9.17) is 25.5 Å². The van der Waals surface area contributed by atoms with Crippen molar-refractivity contribution in [2.45, 2.75) is 53.7 Å². The van der Waals surface area contributed by atoms with Crippen LogP contribution in [-0.2, 0) is 17.9 Å². The van der Waals surface area contributed by atoms with Gasteiger partial charge in [-0.15, -0.1) is 0 Å². The summed E-state index contributed by atoms with van der Waals surface area (Å²) in [7, 11) is 1.35. The number of methoxy groups -OCH3 is 1. The average molecular weight is 550 g/mol. The minimum Gasteiger partial charge on any atom is -0.485 e. The summed E-state index contributed by atoms with van der Waals surface area (Å²) in [5.74, 6) is 0.842. The van der Waals surface area contributed by atoms with Gasteiger partial charge in [-0.05, 0) is 73.7 Å². The Morgan fingerprint density at radius 3 is 2.56 bits per heavy atom. The zero-order valence-electron chi connectivity index (χ0n) is 22.9. The second-order valence-corrected chi connectivity index (χ2v) is 10.1. The molecule has 0 aliphatic carbocycles. The molecule has 0 unspecified atom stereocenters. The number of carbonyl (C=O) groups excluding carboxylic acids is 2. The van der Waals surface area contributed by atoms with E-state index in [0.29, 0.717) is 34.3 Å². The molecule has 0 spiro atoms. The minimum atomic E-state index is -0.412. The summed E-state index contributed by atoms with van der Waals surface area (Å²) in [4.78, 5) is 25.2. The Kier molecular flexibility index (Phi) is 8.45. The first kappa shape index (κ1) is 28.0. The lowest BCUT2D eigenvalue weighted by Crippen LogP contribution is -2.13. The summed E-state index contributed by atoms with van der Waals surface area (Å²) in [5.41, 5.74) is 5.14. The zero-order valence-corrected chi connectivity index (χ0v) is 23.7. The van der Waals surface area contributed by atoms with Crippen molar-refractivity contribution in [2.75, 3.05) is 12.4 Å². The number of aromatic nitrogens is 2. The van der Waals surface area contributed by atoms with Crippen LogP contribution in [0.25, 0.3) is 0 Å². The monoisotopic (exact) mass is 549 g/mol. The molecule has 0 fully saturated rings. The summed E-state index contributed by atoms with van der Waals surface area (Å²) in [6.45, 7) is 10.3. The second-order valence-electron chi connectivity index (χ2n) is 9.65. The van der Waals surface area contributed by atoms with Crippen LogP contribution in [0.1, 0.15) is 74.5 Å². The van der Waals surface area contributed by atoms with E-state index in [2.05, 4.69) is 24.3 Å². The Morgan fingerprint density at radius 1 is 1.10 bits per heavy atom. The van der Waals surface area contributed by atoms with Gasteiger partial charge >= 0.3 is 5.97 Å². The zero-order chi connectivity index (χ0) is 28.3. The highest BCUT2D eigenvalue weighted by Gasteiger charge is 2.20. The van der Waals surface area contributed by atoms with E-state index < -0.39 is 11.9 Å². The maximum atomic E-state index is 13.0. The predicted molar refractivity (Wildman–Crippen MR) is 150 cm³/mol. The summed E-state index contributed by atoms with van der Waals surface area (Å²) in [5, 5.41) is 8.18. The van der Waals surface area contributed by atoms with Gasteiger partial charge in [0, 0.05) is 5.02 Å². The van der Waals surface area contributed by atoms with Crippen molar-refractivity contribution in [2.24, 2.45) is 0 Å². The fourth-order valence-corrected chi connectivity index (χ4v) is 4.48. The molecule has 0 radical (unpaired) electrons. The van der Waals surface area contributed by atoms with E-state index in [1.807, 2.05) is 45.0 Å². The van der Waals surface area contributed by atoms with E-state index >= 15 is 0 Å². The quantitative estimate of drug-likeness (QED) is 0.229. The standard InChI is InChI=1S/C30H32ClN3O5/c1-17(2)24-14-25(31)18(3)13-27(24)38-16-22-11-12-26(39-22)29(35)32-28-19(4)33-34(20(28)5)15-21-9-7-8-10-23(21)30(36)37-6/h7-14,17H,15-16H2,1-6H3,(H,32,35). The number of hydrogen-bond donors (Lipinski definition) is 1. The number of benzene rings is 2. The highest BCUT2D eigenvalue weighted by Crippen LogP contribution is 2.32. The Balaban J connectivity index is 1.46. The first-order chi connectivity index (χ1) is 18.6. The number of hydrogen-bond acceptors (Lipinski definition) is 6. The van der Waals surface area contributed by atoms with E-state index in [-0.39, 0.29) is 18.3 Å². The largest absolute Gasteiger partial charge is 0.485 e. The summed E-state index contributed by atoms with van der Waals surface area (Å²) >= 11 is 6.30. The van der Waals surface area contributed by atoms with Crippen LogP contribution in [0.15, 0.2) is 52.9 Å². The molecule has 39 heavy (non-hydrogen) atoms. The number of furan rings is 1. The fraction of sp³-hybridized carbons (Fsp3) is 0.300. The van der Waals surface area contributed by atoms with E-state index in [9.17, 15) is 9.59 Å². The van der Waals surface area contributed by atoms with Crippen LogP contribution in [0.3, 0.4) is 0 Å². The number of rotatable bonds is 9. The number of nitrogens with zero attached hydrogens (tertiary/aromatic N) is 2. The Hall–Kier alpha value is -4.04. The molecule has 4 rings (SSSR count). The Labute approximate surface area is 232 Å². The van der Waals surface area contributed by atoms with Gasteiger partial charge in [-0.2, -0.15) is 5.10 Å². The molecule has 4 aromatic rings. The molecular weight excluding hydrogens is 518 g/mol. The van der Waals surface area contributed by atoms with Crippen molar-refractivity contribution in [3.05, 3.63) is 98.7 Å². The van der Waals surface area contributed by atoms with Gasteiger partial charge in [-0.25, -0.2) is 4.79 Å². The van der Waals surface area contributed by atoms with E-state index in [1.165, 1.54) is 7.11 Å². The molecule has 2 heterocycles. The molecule has 2 aromatic heterocycles. The third-order valence-electron chi connectivity index (χ3n) is 6.53. The summed E-state index contributed by atoms with van der Waals surface area (Å²) in [6.07, 6.45) is 0. The summed E-state index contributed by atoms with van der Waals surface area (Å²) in [6, 6.07) is 14.4. The number of esters is 1. The van der Waals surface area contributed by atoms with E-state index in [0.717, 1.165) is 28.1 Å². The Morgan fingerprint density at radius 2 is 1.85 bits per heavy atom. The van der Waals surface area contributed by atoms with Crippen LogP contribution < -0.4 is 10.1 Å². The second kappa shape index (κ2) is 11.8. The SMILES string of the molecule is COC(=O)c1ccccc1Cn1nc(C)c(NC(=O)c2ccc(COc3cc(C)c(Cl)cc3C(C)C)o2)c1C. The molecular formula is C30H32ClN3O5. The maximum absolute atomic E-state index is 13.0. The van der Waals surface area contributed by atoms with Crippen molar-refractivity contribution >= 4 is 29.2 Å². The molecule has 0 bridgehead atoms. The molecule has 0 saturated heterocycles. The van der Waals surface area contributed by atoms with Crippen LogP contribution in [0.5, 0.6) is 5.75 Å². The first-order valence-corrected chi connectivity index (χ1v) is 13.0. The van der Waals surface area contributed by atoms with Crippen molar-refractivity contribution in [1.82, 2.24) is 9.78 Å². The van der Waals surface area contributed by atoms with Gasteiger partial charge in [0.2, 0.25) is 0 Å². The van der Waals surface area contributed by atoms with Gasteiger partial charge < -0.3 is 19.2 Å². The third-order valence-corrected chi connectivity index (χ3v) is 6.94. The van der Waals surface area contributed by atoms with Gasteiger partial charge in [0.05, 0.1) is 36.3 Å². The number of anilines is 1. The molecule has 0 saturated carbocycles. The number of nitrogens with one attached hydrogen (secondary N) is 1. The van der Waals surface area contributed by atoms with Gasteiger partial charge in [0.25, 0.3) is 5.91 Å². The molecule has 2 aromatic carbocycles. The molecule has 8 nitrogen and oxygen atoms in total. The molecule has 0 aliphatic heterocycles. The number of ether oxygens (including phenoxy) is 2. The van der Waals surface area contributed by atoms with Crippen LogP contribution >= 0.6 is 11.6 Å². The lowest BCUT2D eigenvalue weighted by atomic mass is 10.0. The number of carbonyl (C=O) groups is 2. The smallest absolute Gasteiger partial charge is 0.338 e. The number of halogens is 1. The fourth-order valence-electron chi connectivity index (χ4n) is 4.31. The minimum absolute atomic E-state index is 0.160. The average Bonchev–Trinajstić information content (AvgIpc) is 3.49. The molecule has 1 N–H and O–H groups in total. The summed E-state index contributed by atoms with van der Waals surface area (Å²) < 4.78 is 18.5. The van der Waals surface area contributed by atoms with Gasteiger partial charge in [-0.3, -0.25) is 9.48 Å². The van der Waals surface area contributed by atoms with Crippen molar-refractivity contribution in [1.29, 1.82) is 0 Å². The highest BCUT2D eigenvalue weighted by molar-refractivity contribution is 6.31. The maximum Gasteiger partial charge on any atom is 0.338 e. The number of aryl methyl sites for hydroxylation is 2. The van der Waals surface area contributed by atoms with Gasteiger partial charge in [0.1, 0.15) is 18.1 Å². The van der Waals surface area contributed by atoms with Crippen LogP contribution in [0, 0.1) is 20.8 Å². The molecule has 0 atom stereocenters. The number of amides is 1. The first-order valence-electron chi connectivity index (χ1n) is 12.6. The topological polar surface area (TPSA) is 95.6 Å². The normalized spacial score (nSPS) is 11.1. The van der Waals surface area contributed by atoms with Crippen molar-refractivity contribution in [3.63, 3.8) is 0 Å². The van der Waals surface area contributed by atoms with E-state index in [1.54, 1.807) is 28.9 Å². The molecule has 0 aliphatic rings. The van der Waals surface area contributed by atoms with Crippen LogP contribution in [-0.4, -0.2) is 28.8 Å². The highest BCUT2D eigenvalue weighted by atomic mass is 35.5. The predicted octanol–water partition coefficient (Wildman–Crippen LogP) is 6.84. The molecule has 1 amide bonds. The molecule has 204 valence electrons. The third kappa shape index (κ3) is 6.17. The molecule has 9 heteroatoms.